The molecule has 0 radical (unpaired) electrons. The number of hydrogen-bond acceptors (Lipinski definition) is 5. The van der Waals surface area contributed by atoms with E-state index in [1.54, 1.807) is 19.2 Å². The van der Waals surface area contributed by atoms with Crippen molar-refractivity contribution >= 4 is 21.4 Å². The molecule has 1 aromatic carbocycles. The Morgan fingerprint density at radius 2 is 2.00 bits per heavy atom. The van der Waals surface area contributed by atoms with E-state index in [1.807, 2.05) is 0 Å². The molecule has 112 valence electrons. The summed E-state index contributed by atoms with van der Waals surface area (Å²) >= 11 is 0. The van der Waals surface area contributed by atoms with Crippen LogP contribution in [-0.2, 0) is 14.8 Å². The number of nitrogen functional groups attached to an aromatic ring is 1. The molecule has 0 unspecified atom stereocenters. The number of nitrogens with zero attached hydrogens (tertiary/aromatic N) is 1. The third kappa shape index (κ3) is 3.41. The summed E-state index contributed by atoms with van der Waals surface area (Å²) in [7, 11) is -2.04. The van der Waals surface area contributed by atoms with Crippen LogP contribution in [0.25, 0.3) is 0 Å². The molecule has 1 aromatic rings. The Morgan fingerprint density at radius 1 is 1.35 bits per heavy atom. The molecule has 0 spiro atoms. The second-order valence-corrected chi connectivity index (χ2v) is 6.68. The number of rotatable bonds is 4. The van der Waals surface area contributed by atoms with Gasteiger partial charge >= 0.3 is 0 Å². The van der Waals surface area contributed by atoms with Gasteiger partial charge in [-0.3, -0.25) is 0 Å². The maximum atomic E-state index is 11.3. The van der Waals surface area contributed by atoms with Crippen LogP contribution in [0.5, 0.6) is 0 Å². The van der Waals surface area contributed by atoms with Crippen molar-refractivity contribution in [1.29, 1.82) is 0 Å². The predicted molar refractivity (Wildman–Crippen MR) is 79.0 cm³/mol. The first-order valence-corrected chi connectivity index (χ1v) is 8.12. The number of primary sulfonamides is 1. The fourth-order valence-electron chi connectivity index (χ4n) is 2.59. The summed E-state index contributed by atoms with van der Waals surface area (Å²) in [6, 6.07) is 4.91. The van der Waals surface area contributed by atoms with E-state index in [0.717, 1.165) is 38.2 Å². The molecule has 0 atom stereocenters. The van der Waals surface area contributed by atoms with Crippen molar-refractivity contribution in [3.05, 3.63) is 18.2 Å². The first-order chi connectivity index (χ1) is 9.41. The lowest BCUT2D eigenvalue weighted by atomic mass is 9.97. The number of methoxy groups -OCH3 is 1. The first kappa shape index (κ1) is 15.1. The van der Waals surface area contributed by atoms with Gasteiger partial charge in [0, 0.05) is 32.5 Å². The van der Waals surface area contributed by atoms with Gasteiger partial charge < -0.3 is 15.4 Å². The molecule has 6 nitrogen and oxygen atoms in total. The fourth-order valence-corrected chi connectivity index (χ4v) is 3.23. The molecule has 1 fully saturated rings. The molecule has 1 aliphatic rings. The van der Waals surface area contributed by atoms with E-state index in [0.29, 0.717) is 5.92 Å². The molecule has 0 amide bonds. The van der Waals surface area contributed by atoms with Crippen molar-refractivity contribution in [2.45, 2.75) is 17.7 Å². The normalized spacial score (nSPS) is 17.4. The van der Waals surface area contributed by atoms with E-state index in [4.69, 9.17) is 15.6 Å². The van der Waals surface area contributed by atoms with Gasteiger partial charge in [0.05, 0.1) is 5.69 Å². The maximum Gasteiger partial charge on any atom is 0.240 e. The Morgan fingerprint density at radius 3 is 2.50 bits per heavy atom. The zero-order valence-corrected chi connectivity index (χ0v) is 12.4. The number of anilines is 2. The quantitative estimate of drug-likeness (QED) is 0.800. The van der Waals surface area contributed by atoms with E-state index in [2.05, 4.69) is 4.90 Å². The van der Waals surface area contributed by atoms with Crippen molar-refractivity contribution in [2.24, 2.45) is 11.1 Å². The van der Waals surface area contributed by atoms with Crippen LogP contribution in [0, 0.1) is 5.92 Å². The fraction of sp³-hybridized carbons (Fsp3) is 0.538. The molecule has 20 heavy (non-hydrogen) atoms. The minimum atomic E-state index is -3.76. The van der Waals surface area contributed by atoms with Crippen LogP contribution in [0.1, 0.15) is 12.8 Å². The lowest BCUT2D eigenvalue weighted by Crippen LogP contribution is -2.35. The van der Waals surface area contributed by atoms with E-state index >= 15 is 0 Å². The average Bonchev–Trinajstić information content (AvgIpc) is 2.38. The summed E-state index contributed by atoms with van der Waals surface area (Å²) in [5, 5.41) is 5.10. The average molecular weight is 299 g/mol. The minimum Gasteiger partial charge on any atom is -0.398 e. The molecule has 0 bridgehead atoms. The molecule has 1 saturated heterocycles. The summed E-state index contributed by atoms with van der Waals surface area (Å²) in [6.07, 6.45) is 2.12. The Balaban J connectivity index is 2.10. The highest BCUT2D eigenvalue weighted by molar-refractivity contribution is 7.89. The van der Waals surface area contributed by atoms with Gasteiger partial charge in [0.15, 0.2) is 0 Å². The zero-order chi connectivity index (χ0) is 14.8. The van der Waals surface area contributed by atoms with E-state index in [9.17, 15) is 8.42 Å². The lowest BCUT2D eigenvalue weighted by molar-refractivity contribution is 0.139. The molecule has 1 aliphatic heterocycles. The number of piperidine rings is 1. The van der Waals surface area contributed by atoms with Crippen LogP contribution in [-0.4, -0.2) is 35.2 Å². The molecular weight excluding hydrogens is 278 g/mol. The van der Waals surface area contributed by atoms with Gasteiger partial charge in [-0.25, -0.2) is 13.6 Å². The highest BCUT2D eigenvalue weighted by Gasteiger charge is 2.20. The van der Waals surface area contributed by atoms with Gasteiger partial charge in [-0.2, -0.15) is 0 Å². The number of sulfonamides is 1. The highest BCUT2D eigenvalue weighted by atomic mass is 32.2. The topological polar surface area (TPSA) is 98.6 Å². The van der Waals surface area contributed by atoms with Crippen LogP contribution < -0.4 is 15.8 Å². The Kier molecular flexibility index (Phi) is 4.52. The largest absolute Gasteiger partial charge is 0.398 e. The molecule has 0 aromatic heterocycles. The molecule has 0 aliphatic carbocycles. The smallest absolute Gasteiger partial charge is 0.240 e. The van der Waals surface area contributed by atoms with Crippen molar-refractivity contribution < 1.29 is 13.2 Å². The number of ether oxygens (including phenoxy) is 1. The highest BCUT2D eigenvalue weighted by Crippen LogP contribution is 2.27. The van der Waals surface area contributed by atoms with Crippen LogP contribution in [0.4, 0.5) is 11.4 Å². The van der Waals surface area contributed by atoms with Gasteiger partial charge in [-0.15, -0.1) is 0 Å². The lowest BCUT2D eigenvalue weighted by Gasteiger charge is -2.33. The minimum absolute atomic E-state index is 0.0180. The SMILES string of the molecule is COCC1CCN(c2ccc(S(N)(=O)=O)c(N)c2)CC1. The van der Waals surface area contributed by atoms with Gasteiger partial charge in [-0.1, -0.05) is 0 Å². The number of hydrogen-bond donors (Lipinski definition) is 2. The van der Waals surface area contributed by atoms with E-state index in [-0.39, 0.29) is 10.6 Å². The number of benzene rings is 1. The third-order valence-corrected chi connectivity index (χ3v) is 4.67. The Hall–Kier alpha value is -1.31. The van der Waals surface area contributed by atoms with Gasteiger partial charge in [0.1, 0.15) is 4.90 Å². The van der Waals surface area contributed by atoms with Gasteiger partial charge in [0.25, 0.3) is 0 Å². The summed E-state index contributed by atoms with van der Waals surface area (Å²) in [5.41, 5.74) is 6.92. The molecule has 2 rings (SSSR count). The van der Waals surface area contributed by atoms with Crippen molar-refractivity contribution in [3.8, 4) is 0 Å². The van der Waals surface area contributed by atoms with Crippen LogP contribution >= 0.6 is 0 Å². The third-order valence-electron chi connectivity index (χ3n) is 3.68. The summed E-state index contributed by atoms with van der Waals surface area (Å²) < 4.78 is 27.8. The maximum absolute atomic E-state index is 11.3. The Labute approximate surface area is 119 Å². The first-order valence-electron chi connectivity index (χ1n) is 6.58. The van der Waals surface area contributed by atoms with Crippen molar-refractivity contribution in [3.63, 3.8) is 0 Å². The monoisotopic (exact) mass is 299 g/mol. The summed E-state index contributed by atoms with van der Waals surface area (Å²) in [5.74, 6) is 0.595. The standard InChI is InChI=1S/C13H21N3O3S/c1-19-9-10-4-6-16(7-5-10)11-2-3-13(12(14)8-11)20(15,17)18/h2-3,8,10H,4-7,9,14H2,1H3,(H2,15,17,18). The molecular formula is C13H21N3O3S. The van der Waals surface area contributed by atoms with E-state index in [1.165, 1.54) is 6.07 Å². The number of nitrogens with two attached hydrogens (primary N) is 2. The second-order valence-electron chi connectivity index (χ2n) is 5.15. The van der Waals surface area contributed by atoms with E-state index < -0.39 is 10.0 Å². The van der Waals surface area contributed by atoms with Crippen LogP contribution in [0.15, 0.2) is 23.1 Å². The van der Waals surface area contributed by atoms with Crippen LogP contribution in [0.3, 0.4) is 0 Å². The summed E-state index contributed by atoms with van der Waals surface area (Å²) in [4.78, 5) is 2.19. The Bertz CT molecular complexity index is 566. The molecule has 1 heterocycles. The van der Waals surface area contributed by atoms with Crippen molar-refractivity contribution in [2.75, 3.05) is 37.4 Å². The second kappa shape index (κ2) is 5.99. The van der Waals surface area contributed by atoms with Gasteiger partial charge in [-0.05, 0) is 37.0 Å². The molecule has 7 heteroatoms. The van der Waals surface area contributed by atoms with Crippen LogP contribution in [0.2, 0.25) is 0 Å². The summed E-state index contributed by atoms with van der Waals surface area (Å²) in [6.45, 7) is 2.63. The molecule has 4 N–H and O–H groups in total. The zero-order valence-electron chi connectivity index (χ0n) is 11.6. The van der Waals surface area contributed by atoms with Gasteiger partial charge in [0.2, 0.25) is 10.0 Å². The predicted octanol–water partition coefficient (Wildman–Crippen LogP) is 0.779. The van der Waals surface area contributed by atoms with Crippen molar-refractivity contribution in [1.82, 2.24) is 0 Å². The molecule has 0 saturated carbocycles.